The first kappa shape index (κ1) is 11.7. The van der Waals surface area contributed by atoms with Crippen molar-refractivity contribution in [3.05, 3.63) is 30.1 Å². The standard InChI is InChI=1S/C12H18NO2/c1-4-15-13-8-6-5-7-11(13)12(14)9-10(2)3/h5-8,10H,4,9H2,1-3H3/q+1. The van der Waals surface area contributed by atoms with E-state index in [0.717, 1.165) is 0 Å². The zero-order valence-electron chi connectivity index (χ0n) is 9.56. The molecule has 0 saturated heterocycles. The lowest BCUT2D eigenvalue weighted by atomic mass is 10.1. The molecule has 0 saturated carbocycles. The van der Waals surface area contributed by atoms with Crippen LogP contribution < -0.4 is 9.57 Å². The monoisotopic (exact) mass is 208 g/mol. The summed E-state index contributed by atoms with van der Waals surface area (Å²) in [5.74, 6) is 0.492. The maximum absolute atomic E-state index is 11.8. The predicted octanol–water partition coefficient (Wildman–Crippen LogP) is 1.65. The summed E-state index contributed by atoms with van der Waals surface area (Å²) in [5.41, 5.74) is 0.619. The van der Waals surface area contributed by atoms with Gasteiger partial charge < -0.3 is 0 Å². The molecule has 1 rings (SSSR count). The summed E-state index contributed by atoms with van der Waals surface area (Å²) in [6.07, 6.45) is 2.31. The van der Waals surface area contributed by atoms with Crippen LogP contribution in [0.5, 0.6) is 0 Å². The zero-order valence-corrected chi connectivity index (χ0v) is 9.56. The third-order valence-corrected chi connectivity index (χ3v) is 1.97. The molecule has 0 aliphatic heterocycles. The van der Waals surface area contributed by atoms with E-state index in [1.54, 1.807) is 17.0 Å². The van der Waals surface area contributed by atoms with Crippen LogP contribution in [0.1, 0.15) is 37.7 Å². The Kier molecular flexibility index (Phi) is 4.28. The maximum atomic E-state index is 11.8. The molecule has 0 bridgehead atoms. The van der Waals surface area contributed by atoms with Gasteiger partial charge in [-0.3, -0.25) is 9.63 Å². The van der Waals surface area contributed by atoms with Crippen molar-refractivity contribution in [2.24, 2.45) is 5.92 Å². The van der Waals surface area contributed by atoms with Crippen molar-refractivity contribution in [3.63, 3.8) is 0 Å². The van der Waals surface area contributed by atoms with E-state index in [9.17, 15) is 4.79 Å². The van der Waals surface area contributed by atoms with Gasteiger partial charge in [0.25, 0.3) is 5.69 Å². The summed E-state index contributed by atoms with van der Waals surface area (Å²) >= 11 is 0. The van der Waals surface area contributed by atoms with Crippen molar-refractivity contribution in [2.45, 2.75) is 27.2 Å². The first-order valence-corrected chi connectivity index (χ1v) is 5.32. The van der Waals surface area contributed by atoms with Gasteiger partial charge in [-0.1, -0.05) is 13.8 Å². The Balaban J connectivity index is 2.87. The number of ketones is 1. The predicted molar refractivity (Wildman–Crippen MR) is 57.5 cm³/mol. The molecule has 0 N–H and O–H groups in total. The molecule has 0 unspecified atom stereocenters. The van der Waals surface area contributed by atoms with Crippen LogP contribution in [0.2, 0.25) is 0 Å². The van der Waals surface area contributed by atoms with Gasteiger partial charge in [0, 0.05) is 23.3 Å². The molecular weight excluding hydrogens is 190 g/mol. The zero-order chi connectivity index (χ0) is 11.3. The van der Waals surface area contributed by atoms with E-state index < -0.39 is 0 Å². The molecule has 0 spiro atoms. The minimum absolute atomic E-state index is 0.124. The lowest BCUT2D eigenvalue weighted by Crippen LogP contribution is -2.47. The number of aromatic nitrogens is 1. The molecule has 1 aromatic rings. The van der Waals surface area contributed by atoms with Crippen LogP contribution in [0, 0.1) is 5.92 Å². The van der Waals surface area contributed by atoms with E-state index in [0.29, 0.717) is 24.6 Å². The topological polar surface area (TPSA) is 30.2 Å². The van der Waals surface area contributed by atoms with E-state index in [2.05, 4.69) is 0 Å². The summed E-state index contributed by atoms with van der Waals surface area (Å²) in [5, 5.41) is 0. The number of nitrogens with zero attached hydrogens (tertiary/aromatic N) is 1. The van der Waals surface area contributed by atoms with Crippen molar-refractivity contribution in [1.82, 2.24) is 0 Å². The molecule has 3 nitrogen and oxygen atoms in total. The number of hydrogen-bond acceptors (Lipinski definition) is 2. The fourth-order valence-electron chi connectivity index (χ4n) is 1.37. The SMILES string of the molecule is CCO[n+]1ccccc1C(=O)CC(C)C. The average molecular weight is 208 g/mol. The Hall–Kier alpha value is -1.38. The average Bonchev–Trinajstić information content (AvgIpc) is 2.18. The van der Waals surface area contributed by atoms with E-state index in [-0.39, 0.29) is 5.78 Å². The molecule has 1 heterocycles. The van der Waals surface area contributed by atoms with Crippen LogP contribution in [0.15, 0.2) is 24.4 Å². The van der Waals surface area contributed by atoms with Gasteiger partial charge in [-0.15, -0.1) is 0 Å². The first-order chi connectivity index (χ1) is 7.15. The highest BCUT2D eigenvalue weighted by Gasteiger charge is 2.20. The lowest BCUT2D eigenvalue weighted by Gasteiger charge is -2.02. The second-order valence-corrected chi connectivity index (χ2v) is 3.85. The fraction of sp³-hybridized carbons (Fsp3) is 0.500. The first-order valence-electron chi connectivity index (χ1n) is 5.32. The van der Waals surface area contributed by atoms with Crippen LogP contribution in [-0.4, -0.2) is 12.4 Å². The second kappa shape index (κ2) is 5.49. The molecule has 0 amide bonds. The van der Waals surface area contributed by atoms with Crippen LogP contribution >= 0.6 is 0 Å². The van der Waals surface area contributed by atoms with Crippen LogP contribution in [0.3, 0.4) is 0 Å². The lowest BCUT2D eigenvalue weighted by molar-refractivity contribution is -0.892. The molecule has 0 aromatic carbocycles. The molecule has 82 valence electrons. The summed E-state index contributed by atoms with van der Waals surface area (Å²) in [6.45, 7) is 6.52. The van der Waals surface area contributed by atoms with E-state index in [1.165, 1.54) is 0 Å². The van der Waals surface area contributed by atoms with Crippen molar-refractivity contribution in [3.8, 4) is 0 Å². The van der Waals surface area contributed by atoms with Gasteiger partial charge in [0.05, 0.1) is 0 Å². The number of rotatable bonds is 5. The Bertz CT molecular complexity index is 334. The summed E-state index contributed by atoms with van der Waals surface area (Å²) in [4.78, 5) is 17.2. The number of Topliss-reactive ketones (excluding diaryl/α,β-unsaturated/α-hetero) is 1. The third-order valence-electron chi connectivity index (χ3n) is 1.97. The highest BCUT2D eigenvalue weighted by Crippen LogP contribution is 2.05. The van der Waals surface area contributed by atoms with Gasteiger partial charge in [0.15, 0.2) is 6.61 Å². The minimum Gasteiger partial charge on any atom is -0.287 e. The molecule has 15 heavy (non-hydrogen) atoms. The fourth-order valence-corrected chi connectivity index (χ4v) is 1.37. The Labute approximate surface area is 90.6 Å². The van der Waals surface area contributed by atoms with E-state index >= 15 is 0 Å². The van der Waals surface area contributed by atoms with Crippen LogP contribution in [0.25, 0.3) is 0 Å². The van der Waals surface area contributed by atoms with Gasteiger partial charge >= 0.3 is 0 Å². The third kappa shape index (κ3) is 3.35. The molecular formula is C12H18NO2+. The van der Waals surface area contributed by atoms with Gasteiger partial charge in [-0.25, -0.2) is 0 Å². The van der Waals surface area contributed by atoms with Crippen molar-refractivity contribution < 1.29 is 14.4 Å². The summed E-state index contributed by atoms with van der Waals surface area (Å²) in [6, 6.07) is 5.49. The molecule has 0 aliphatic rings. The summed E-state index contributed by atoms with van der Waals surface area (Å²) < 4.78 is 1.55. The molecule has 0 fully saturated rings. The van der Waals surface area contributed by atoms with Gasteiger partial charge in [-0.2, -0.15) is 0 Å². The summed E-state index contributed by atoms with van der Waals surface area (Å²) in [7, 11) is 0. The van der Waals surface area contributed by atoms with Crippen molar-refractivity contribution >= 4 is 5.78 Å². The Morgan fingerprint density at radius 3 is 2.80 bits per heavy atom. The van der Waals surface area contributed by atoms with Crippen LogP contribution in [0.4, 0.5) is 0 Å². The largest absolute Gasteiger partial charge is 0.300 e. The van der Waals surface area contributed by atoms with Gasteiger partial charge in [-0.05, 0) is 18.9 Å². The normalized spacial score (nSPS) is 10.4. The van der Waals surface area contributed by atoms with Gasteiger partial charge in [0.1, 0.15) is 0 Å². The molecule has 1 aromatic heterocycles. The van der Waals surface area contributed by atoms with Crippen molar-refractivity contribution in [1.29, 1.82) is 0 Å². The van der Waals surface area contributed by atoms with Gasteiger partial charge in [0.2, 0.25) is 12.0 Å². The smallest absolute Gasteiger partial charge is 0.287 e. The highest BCUT2D eigenvalue weighted by molar-refractivity contribution is 5.92. The van der Waals surface area contributed by atoms with Crippen molar-refractivity contribution in [2.75, 3.05) is 6.61 Å². The molecule has 0 aliphatic carbocycles. The van der Waals surface area contributed by atoms with E-state index in [4.69, 9.17) is 4.84 Å². The number of hydrogen-bond donors (Lipinski definition) is 0. The van der Waals surface area contributed by atoms with Crippen LogP contribution in [-0.2, 0) is 0 Å². The molecule has 3 heteroatoms. The second-order valence-electron chi connectivity index (χ2n) is 3.85. The molecule has 0 atom stereocenters. The number of pyridine rings is 1. The Morgan fingerprint density at radius 2 is 2.20 bits per heavy atom. The number of carbonyl (C=O) groups is 1. The minimum atomic E-state index is 0.124. The van der Waals surface area contributed by atoms with E-state index in [1.807, 2.05) is 32.9 Å². The number of carbonyl (C=O) groups excluding carboxylic acids is 1. The Morgan fingerprint density at radius 1 is 1.47 bits per heavy atom. The highest BCUT2D eigenvalue weighted by atomic mass is 16.7. The maximum Gasteiger partial charge on any atom is 0.300 e. The molecule has 0 radical (unpaired) electrons. The quantitative estimate of drug-likeness (QED) is 0.544.